The van der Waals surface area contributed by atoms with Gasteiger partial charge in [0.1, 0.15) is 12.2 Å². The Labute approximate surface area is 157 Å². The predicted molar refractivity (Wildman–Crippen MR) is 77.7 cm³/mol. The Morgan fingerprint density at radius 3 is 0.828 bits per heavy atom. The van der Waals surface area contributed by atoms with Crippen LogP contribution < -0.4 is 0 Å². The van der Waals surface area contributed by atoms with Crippen molar-refractivity contribution in [3.8, 4) is 0 Å². The van der Waals surface area contributed by atoms with Crippen molar-refractivity contribution < 1.29 is 49.6 Å². The summed E-state index contributed by atoms with van der Waals surface area (Å²) < 4.78 is 0. The maximum absolute atomic E-state index is 10.8. The molecule has 0 radical (unpaired) electrons. The quantitative estimate of drug-likeness (QED) is 0.232. The van der Waals surface area contributed by atoms with Gasteiger partial charge in [0.25, 0.3) is 25.4 Å². The molecule has 164 valence electrons. The molecule has 6 unspecified atom stereocenters. The summed E-state index contributed by atoms with van der Waals surface area (Å²) in [6.45, 7) is 2.31. The molecule has 1 saturated carbocycles. The van der Waals surface area contributed by atoms with Crippen molar-refractivity contribution in [1.29, 1.82) is 0 Å². The minimum absolute atomic E-state index is 1.16. The average Bonchev–Trinajstić information content (AvgIpc) is 2.61. The molecule has 20 nitrogen and oxygen atoms in total. The van der Waals surface area contributed by atoms with Crippen LogP contribution in [0.15, 0.2) is 0 Å². The van der Waals surface area contributed by atoms with E-state index in [1.807, 2.05) is 0 Å². The van der Waals surface area contributed by atoms with E-state index in [9.17, 15) is 50.6 Å². The van der Waals surface area contributed by atoms with Crippen molar-refractivity contribution in [3.63, 3.8) is 0 Å². The summed E-state index contributed by atoms with van der Waals surface area (Å²) in [6, 6.07) is 0. The fraction of sp³-hybridized carbons (Fsp3) is 1.00. The van der Waals surface area contributed by atoms with Crippen LogP contribution in [0.1, 0.15) is 13.8 Å². The zero-order valence-electron chi connectivity index (χ0n) is 14.4. The Kier molecular flexibility index (Phi) is 7.37. The number of nitrogens with zero attached hydrogens (tertiary/aromatic N) is 5. The highest BCUT2D eigenvalue weighted by molar-refractivity contribution is 4.97. The van der Waals surface area contributed by atoms with E-state index in [0.29, 0.717) is 0 Å². The molecule has 0 amide bonds. The van der Waals surface area contributed by atoms with Crippen LogP contribution in [-0.2, 0) is 24.2 Å². The summed E-state index contributed by atoms with van der Waals surface area (Å²) in [5.74, 6) is -2.54. The first-order valence-electron chi connectivity index (χ1n) is 7.41. The van der Waals surface area contributed by atoms with Gasteiger partial charge in [0, 0.05) is 0 Å². The number of hydrogen-bond donors (Lipinski definition) is 0. The standard InChI is InChI=1S/C9H13N5O15/c1-3-4(2)6(26-11(17)18)8(28-13(21)22)9(29-14(23)24)7(27-12(19)20)5(3)25-10(15)16/h3-9H,1-2H3. The third-order valence-electron chi connectivity index (χ3n) is 4.20. The second kappa shape index (κ2) is 9.27. The smallest absolute Gasteiger partial charge is 0.294 e. The predicted octanol–water partition coefficient (Wildman–Crippen LogP) is -0.843. The summed E-state index contributed by atoms with van der Waals surface area (Å²) in [6.07, 6.45) is -11.1. The minimum Gasteiger partial charge on any atom is -0.308 e. The van der Waals surface area contributed by atoms with E-state index in [1.165, 1.54) is 0 Å². The van der Waals surface area contributed by atoms with E-state index in [2.05, 4.69) is 24.2 Å². The molecule has 0 N–H and O–H groups in total. The van der Waals surface area contributed by atoms with Gasteiger partial charge in [0.15, 0.2) is 18.3 Å². The largest absolute Gasteiger partial charge is 0.308 e. The van der Waals surface area contributed by atoms with Crippen LogP contribution in [-0.4, -0.2) is 56.0 Å². The van der Waals surface area contributed by atoms with Gasteiger partial charge in [0.2, 0.25) is 0 Å². The van der Waals surface area contributed by atoms with E-state index in [0.717, 1.165) is 13.8 Å². The molecule has 0 aliphatic heterocycles. The molecular formula is C9H13N5O15. The van der Waals surface area contributed by atoms with Crippen LogP contribution in [0.4, 0.5) is 0 Å². The van der Waals surface area contributed by atoms with Crippen molar-refractivity contribution in [2.75, 3.05) is 0 Å². The number of hydrogen-bond acceptors (Lipinski definition) is 15. The molecular weight excluding hydrogens is 418 g/mol. The lowest BCUT2D eigenvalue weighted by atomic mass is 9.87. The van der Waals surface area contributed by atoms with Crippen molar-refractivity contribution in [2.24, 2.45) is 11.8 Å². The summed E-state index contributed by atoms with van der Waals surface area (Å²) >= 11 is 0. The van der Waals surface area contributed by atoms with E-state index in [-0.39, 0.29) is 0 Å². The first-order chi connectivity index (χ1) is 13.3. The molecule has 0 spiro atoms. The van der Waals surface area contributed by atoms with Crippen LogP contribution >= 0.6 is 0 Å². The molecule has 6 atom stereocenters. The Morgan fingerprint density at radius 1 is 0.448 bits per heavy atom. The lowest BCUT2D eigenvalue weighted by molar-refractivity contribution is -0.832. The zero-order valence-corrected chi connectivity index (χ0v) is 14.4. The van der Waals surface area contributed by atoms with Crippen LogP contribution in [0.3, 0.4) is 0 Å². The van der Waals surface area contributed by atoms with Crippen LogP contribution in [0.2, 0.25) is 0 Å². The second-order valence-corrected chi connectivity index (χ2v) is 5.69. The zero-order chi connectivity index (χ0) is 22.5. The summed E-state index contributed by atoms with van der Waals surface area (Å²) in [5, 5.41) is 46.8. The first kappa shape index (κ1) is 23.0. The van der Waals surface area contributed by atoms with E-state index < -0.39 is 67.8 Å². The van der Waals surface area contributed by atoms with E-state index in [1.54, 1.807) is 0 Å². The third kappa shape index (κ3) is 6.00. The van der Waals surface area contributed by atoms with Gasteiger partial charge in [-0.05, 0) is 11.8 Å². The minimum atomic E-state index is -2.47. The summed E-state index contributed by atoms with van der Waals surface area (Å²) in [7, 11) is 0. The van der Waals surface area contributed by atoms with Gasteiger partial charge in [-0.15, -0.1) is 50.6 Å². The molecule has 0 heterocycles. The molecule has 1 rings (SSSR count). The monoisotopic (exact) mass is 431 g/mol. The van der Waals surface area contributed by atoms with Crippen molar-refractivity contribution in [3.05, 3.63) is 50.6 Å². The van der Waals surface area contributed by atoms with Crippen molar-refractivity contribution in [1.82, 2.24) is 0 Å². The Bertz CT molecular complexity index is 625. The van der Waals surface area contributed by atoms with Crippen molar-refractivity contribution >= 4 is 0 Å². The van der Waals surface area contributed by atoms with Crippen LogP contribution in [0, 0.1) is 62.4 Å². The molecule has 0 bridgehead atoms. The van der Waals surface area contributed by atoms with Gasteiger partial charge in [-0.3, -0.25) is 0 Å². The fourth-order valence-corrected chi connectivity index (χ4v) is 2.93. The molecule has 0 aromatic carbocycles. The highest BCUT2D eigenvalue weighted by Gasteiger charge is 2.56. The molecule has 29 heavy (non-hydrogen) atoms. The molecule has 0 aromatic heterocycles. The van der Waals surface area contributed by atoms with Gasteiger partial charge in [0.05, 0.1) is 0 Å². The molecule has 0 saturated heterocycles. The maximum Gasteiger partial charge on any atom is 0.294 e. The summed E-state index contributed by atoms with van der Waals surface area (Å²) in [4.78, 5) is 75.4. The molecule has 1 aliphatic carbocycles. The van der Waals surface area contributed by atoms with Gasteiger partial charge in [-0.25, -0.2) is 0 Å². The Balaban J connectivity index is 3.64. The third-order valence-corrected chi connectivity index (χ3v) is 4.20. The fourth-order valence-electron chi connectivity index (χ4n) is 2.93. The van der Waals surface area contributed by atoms with Crippen LogP contribution in [0.25, 0.3) is 0 Å². The van der Waals surface area contributed by atoms with E-state index in [4.69, 9.17) is 0 Å². The molecule has 0 aromatic rings. The topological polar surface area (TPSA) is 262 Å². The lowest BCUT2D eigenvalue weighted by Crippen LogP contribution is -2.54. The normalized spacial score (nSPS) is 31.4. The maximum atomic E-state index is 10.8. The summed E-state index contributed by atoms with van der Waals surface area (Å²) in [5.41, 5.74) is 0. The van der Waals surface area contributed by atoms with Gasteiger partial charge < -0.3 is 24.2 Å². The second-order valence-electron chi connectivity index (χ2n) is 5.69. The van der Waals surface area contributed by atoms with Gasteiger partial charge in [-0.2, -0.15) is 0 Å². The first-order valence-corrected chi connectivity index (χ1v) is 7.41. The van der Waals surface area contributed by atoms with Crippen LogP contribution in [0.5, 0.6) is 0 Å². The lowest BCUT2D eigenvalue weighted by Gasteiger charge is -2.31. The molecule has 1 aliphatic rings. The molecule has 20 heteroatoms. The SMILES string of the molecule is CC1C(C)C(O[N+](=O)[O-])C(O[N+](=O)[O-])C(O[N+](=O)[O-])C(O[N+](=O)[O-])C1O[N+](=O)[O-]. The Morgan fingerprint density at radius 2 is 0.621 bits per heavy atom. The van der Waals surface area contributed by atoms with Gasteiger partial charge >= 0.3 is 0 Å². The van der Waals surface area contributed by atoms with Gasteiger partial charge in [-0.1, -0.05) is 13.8 Å². The molecule has 1 fully saturated rings. The highest BCUT2D eigenvalue weighted by Crippen LogP contribution is 2.37. The number of rotatable bonds is 10. The average molecular weight is 431 g/mol. The van der Waals surface area contributed by atoms with E-state index >= 15 is 0 Å². The van der Waals surface area contributed by atoms with Crippen molar-refractivity contribution in [2.45, 2.75) is 44.4 Å². The highest BCUT2D eigenvalue weighted by atomic mass is 17.0. The Hall–Kier alpha value is -4.00.